The number of aryl methyl sites for hydroxylation is 1. The highest BCUT2D eigenvalue weighted by molar-refractivity contribution is 7.79. The zero-order chi connectivity index (χ0) is 7.84. The molecule has 0 radical (unpaired) electrons. The van der Waals surface area contributed by atoms with Crippen molar-refractivity contribution >= 4 is 33.8 Å². The molecule has 0 amide bonds. The second kappa shape index (κ2) is 2.43. The van der Waals surface area contributed by atoms with Crippen molar-refractivity contribution in [2.24, 2.45) is 0 Å². The molecule has 3 heteroatoms. The highest BCUT2D eigenvalue weighted by Crippen LogP contribution is 2.18. The number of thiocarbonyl (C=S) groups is 1. The summed E-state index contributed by atoms with van der Waals surface area (Å²) in [6.07, 6.45) is 2.05. The molecular weight excluding hydrogens is 174 g/mol. The van der Waals surface area contributed by atoms with E-state index in [0.717, 1.165) is 5.69 Å². The highest BCUT2D eigenvalue weighted by atomic mass is 32.1. The molecule has 0 aliphatic rings. The van der Waals surface area contributed by atoms with Gasteiger partial charge in [0.1, 0.15) is 0 Å². The molecule has 1 nitrogen and oxygen atoms in total. The Morgan fingerprint density at radius 1 is 1.64 bits per heavy atom. The van der Waals surface area contributed by atoms with E-state index in [9.17, 15) is 0 Å². The summed E-state index contributed by atoms with van der Waals surface area (Å²) in [6, 6.07) is 2.16. The van der Waals surface area contributed by atoms with Crippen LogP contribution in [0.15, 0.2) is 17.6 Å². The molecule has 0 aromatic carbocycles. The number of rotatable bonds is 1. The quantitative estimate of drug-likeness (QED) is 0.612. The first-order chi connectivity index (χ1) is 5.33. The largest absolute Gasteiger partial charge is 0.307 e. The third-order valence-electron chi connectivity index (χ3n) is 1.75. The van der Waals surface area contributed by atoms with Gasteiger partial charge in [0.2, 0.25) is 0 Å². The lowest BCUT2D eigenvalue weighted by Crippen LogP contribution is -1.86. The zero-order valence-corrected chi connectivity index (χ0v) is 7.71. The van der Waals surface area contributed by atoms with Crippen LogP contribution in [0.2, 0.25) is 0 Å². The molecule has 0 saturated heterocycles. The summed E-state index contributed by atoms with van der Waals surface area (Å²) in [6.45, 7) is 2.08. The van der Waals surface area contributed by atoms with E-state index in [1.807, 2.05) is 6.20 Å². The first-order valence-corrected chi connectivity index (χ1v) is 4.68. The Morgan fingerprint density at radius 3 is 3.18 bits per heavy atom. The fourth-order valence-electron chi connectivity index (χ4n) is 1.19. The standard InChI is InChI=1S/C8H7NS2/c1-6-4-8-9(2-3-11-8)7(6)5-10/h2-5H,1H3. The third-order valence-corrected chi connectivity index (χ3v) is 2.79. The molecule has 0 aliphatic carbocycles. The number of hydrogen-bond donors (Lipinski definition) is 0. The van der Waals surface area contributed by atoms with Crippen LogP contribution in [0, 0.1) is 6.92 Å². The average Bonchev–Trinajstić information content (AvgIpc) is 2.46. The molecule has 11 heavy (non-hydrogen) atoms. The summed E-state index contributed by atoms with van der Waals surface area (Å²) in [5.74, 6) is 0. The number of hydrogen-bond acceptors (Lipinski definition) is 2. The highest BCUT2D eigenvalue weighted by Gasteiger charge is 2.03. The molecular formula is C8H7NS2. The average molecular weight is 181 g/mol. The molecule has 0 aliphatic heterocycles. The zero-order valence-electron chi connectivity index (χ0n) is 6.07. The van der Waals surface area contributed by atoms with E-state index in [4.69, 9.17) is 12.2 Å². The molecule has 56 valence electrons. The van der Waals surface area contributed by atoms with Crippen LogP contribution in [0.3, 0.4) is 0 Å². The Labute approximate surface area is 74.3 Å². The smallest absolute Gasteiger partial charge is 0.0998 e. The predicted molar refractivity (Wildman–Crippen MR) is 52.8 cm³/mol. The van der Waals surface area contributed by atoms with Crippen molar-refractivity contribution in [2.75, 3.05) is 0 Å². The minimum absolute atomic E-state index is 1.14. The van der Waals surface area contributed by atoms with Gasteiger partial charge in [0.05, 0.1) is 10.5 Å². The maximum Gasteiger partial charge on any atom is 0.0998 e. The maximum absolute atomic E-state index is 4.91. The van der Waals surface area contributed by atoms with Gasteiger partial charge in [0, 0.05) is 16.9 Å². The van der Waals surface area contributed by atoms with Gasteiger partial charge in [0.15, 0.2) is 0 Å². The van der Waals surface area contributed by atoms with Gasteiger partial charge in [0.25, 0.3) is 0 Å². The van der Waals surface area contributed by atoms with E-state index in [-0.39, 0.29) is 0 Å². The van der Waals surface area contributed by atoms with Crippen molar-refractivity contribution in [3.05, 3.63) is 28.9 Å². The Bertz CT molecular complexity index is 397. The third kappa shape index (κ3) is 0.921. The first kappa shape index (κ1) is 7.00. The van der Waals surface area contributed by atoms with Crippen LogP contribution in [0.4, 0.5) is 0 Å². The molecule has 2 rings (SSSR count). The van der Waals surface area contributed by atoms with Crippen LogP contribution in [0.5, 0.6) is 0 Å². The molecule has 0 atom stereocenters. The molecule has 0 fully saturated rings. The second-order valence-corrected chi connectivity index (χ2v) is 3.60. The summed E-state index contributed by atoms with van der Waals surface area (Å²) in [7, 11) is 0. The summed E-state index contributed by atoms with van der Waals surface area (Å²) < 4.78 is 2.12. The van der Waals surface area contributed by atoms with Crippen molar-refractivity contribution in [3.8, 4) is 0 Å². The summed E-state index contributed by atoms with van der Waals surface area (Å²) in [5, 5.41) is 3.80. The van der Waals surface area contributed by atoms with Crippen LogP contribution in [0.1, 0.15) is 11.3 Å². The Hall–Kier alpha value is -0.670. The Balaban J connectivity index is 2.90. The van der Waals surface area contributed by atoms with Crippen LogP contribution < -0.4 is 0 Å². The molecule has 0 N–H and O–H groups in total. The van der Waals surface area contributed by atoms with Crippen molar-refractivity contribution in [1.82, 2.24) is 4.40 Å². The molecule has 2 aromatic rings. The van der Waals surface area contributed by atoms with Crippen LogP contribution in [0.25, 0.3) is 4.83 Å². The van der Waals surface area contributed by atoms with Gasteiger partial charge in [-0.25, -0.2) is 0 Å². The number of thiazole rings is 1. The molecule has 0 spiro atoms. The van der Waals surface area contributed by atoms with E-state index in [2.05, 4.69) is 22.8 Å². The summed E-state index contributed by atoms with van der Waals surface area (Å²) in [4.78, 5) is 1.26. The second-order valence-electron chi connectivity index (χ2n) is 2.44. The number of fused-ring (bicyclic) bond motifs is 1. The number of aromatic nitrogens is 1. The van der Waals surface area contributed by atoms with Gasteiger partial charge in [-0.05, 0) is 18.6 Å². The van der Waals surface area contributed by atoms with E-state index in [0.29, 0.717) is 0 Å². The number of nitrogens with zero attached hydrogens (tertiary/aromatic N) is 1. The SMILES string of the molecule is Cc1cc2sccn2c1C=S. The topological polar surface area (TPSA) is 4.41 Å². The van der Waals surface area contributed by atoms with E-state index >= 15 is 0 Å². The minimum atomic E-state index is 1.14. The summed E-state index contributed by atoms with van der Waals surface area (Å²) in [5.41, 5.74) is 2.39. The molecule has 2 aromatic heterocycles. The monoisotopic (exact) mass is 181 g/mol. The molecule has 0 saturated carbocycles. The van der Waals surface area contributed by atoms with Crippen LogP contribution >= 0.6 is 23.6 Å². The van der Waals surface area contributed by atoms with Gasteiger partial charge in [-0.2, -0.15) is 0 Å². The first-order valence-electron chi connectivity index (χ1n) is 3.33. The van der Waals surface area contributed by atoms with Gasteiger partial charge in [-0.3, -0.25) is 0 Å². The van der Waals surface area contributed by atoms with Gasteiger partial charge >= 0.3 is 0 Å². The predicted octanol–water partition coefficient (Wildman–Crippen LogP) is 2.66. The van der Waals surface area contributed by atoms with E-state index in [1.54, 1.807) is 16.7 Å². The van der Waals surface area contributed by atoms with Crippen molar-refractivity contribution in [1.29, 1.82) is 0 Å². The lowest BCUT2D eigenvalue weighted by atomic mass is 10.3. The van der Waals surface area contributed by atoms with Crippen LogP contribution in [-0.2, 0) is 0 Å². The van der Waals surface area contributed by atoms with E-state index < -0.39 is 0 Å². The van der Waals surface area contributed by atoms with Crippen LogP contribution in [-0.4, -0.2) is 9.77 Å². The molecule has 2 heterocycles. The normalized spacial score (nSPS) is 10.6. The molecule has 0 bridgehead atoms. The van der Waals surface area contributed by atoms with E-state index in [1.165, 1.54) is 10.4 Å². The lowest BCUT2D eigenvalue weighted by Gasteiger charge is -1.89. The maximum atomic E-state index is 4.91. The van der Waals surface area contributed by atoms with Gasteiger partial charge in [-0.1, -0.05) is 12.2 Å². The molecule has 0 unspecified atom stereocenters. The van der Waals surface area contributed by atoms with Crippen molar-refractivity contribution < 1.29 is 0 Å². The fourth-order valence-corrected chi connectivity index (χ4v) is 2.33. The lowest BCUT2D eigenvalue weighted by molar-refractivity contribution is 1.21. The Morgan fingerprint density at radius 2 is 2.45 bits per heavy atom. The fraction of sp³-hybridized carbons (Fsp3) is 0.125. The Kier molecular flexibility index (Phi) is 1.55. The van der Waals surface area contributed by atoms with Gasteiger partial charge < -0.3 is 4.40 Å². The van der Waals surface area contributed by atoms with Gasteiger partial charge in [-0.15, -0.1) is 11.3 Å². The summed E-state index contributed by atoms with van der Waals surface area (Å²) >= 11 is 6.65. The van der Waals surface area contributed by atoms with Crippen molar-refractivity contribution in [2.45, 2.75) is 6.92 Å². The minimum Gasteiger partial charge on any atom is -0.307 e. The van der Waals surface area contributed by atoms with Crippen molar-refractivity contribution in [3.63, 3.8) is 0 Å².